The van der Waals surface area contributed by atoms with E-state index in [0.29, 0.717) is 0 Å². The van der Waals surface area contributed by atoms with Crippen LogP contribution < -0.4 is 0 Å². The van der Waals surface area contributed by atoms with Gasteiger partial charge in [0.1, 0.15) is 0 Å². The van der Waals surface area contributed by atoms with E-state index in [-0.39, 0.29) is 50.5 Å². The van der Waals surface area contributed by atoms with Crippen molar-refractivity contribution in [2.75, 3.05) is 0 Å². The molecule has 0 saturated heterocycles. The first-order valence-electron chi connectivity index (χ1n) is 20.3. The third kappa shape index (κ3) is 11.2. The van der Waals surface area contributed by atoms with Crippen LogP contribution in [-0.4, -0.2) is 6.88 Å². The number of fused-ring (bicyclic) bond motifs is 2. The first-order valence-corrected chi connectivity index (χ1v) is 24.5. The molecule has 0 atom stereocenters. The zero-order valence-electron chi connectivity index (χ0n) is 39.9. The molecule has 2 nitrogen and oxygen atoms in total. The minimum atomic E-state index is 0. The van der Waals surface area contributed by atoms with Gasteiger partial charge >= 0.3 is 30.2 Å². The van der Waals surface area contributed by atoms with E-state index in [9.17, 15) is 0 Å². The summed E-state index contributed by atoms with van der Waals surface area (Å²) < 4.78 is 12.0. The van der Waals surface area contributed by atoms with E-state index in [2.05, 4.69) is 187 Å². The summed E-state index contributed by atoms with van der Waals surface area (Å²) >= 11 is 1.36. The van der Waals surface area contributed by atoms with E-state index in [1.165, 1.54) is 112 Å². The Morgan fingerprint density at radius 1 is 0.452 bits per heavy atom. The second-order valence-corrected chi connectivity index (χ2v) is 18.2. The molecule has 0 aliphatic carbocycles. The minimum absolute atomic E-state index is 0. The van der Waals surface area contributed by atoms with Crippen LogP contribution in [0.1, 0.15) is 97.6 Å². The van der Waals surface area contributed by atoms with Crippen LogP contribution in [0.4, 0.5) is 0 Å². The van der Waals surface area contributed by atoms with Gasteiger partial charge in [-0.15, -0.1) is 82.8 Å². The second-order valence-electron chi connectivity index (χ2n) is 18.2. The van der Waals surface area contributed by atoms with E-state index in [4.69, 9.17) is 8.83 Å². The summed E-state index contributed by atoms with van der Waals surface area (Å²) in [6, 6.07) is 36.1. The zero-order chi connectivity index (χ0) is 42.4. The molecule has 2 heterocycles. The van der Waals surface area contributed by atoms with E-state index in [1.807, 2.05) is 13.8 Å². The van der Waals surface area contributed by atoms with Crippen LogP contribution in [0.3, 0.4) is 0 Å². The monoisotopic (exact) mass is 958 g/mol. The molecule has 0 bridgehead atoms. The Labute approximate surface area is 403 Å². The van der Waals surface area contributed by atoms with Crippen LogP contribution >= 0.6 is 24.8 Å². The summed E-state index contributed by atoms with van der Waals surface area (Å²) in [5.41, 5.74) is 18.3. The molecule has 0 N–H and O–H groups in total. The molecule has 6 heteroatoms. The number of hydrogen-bond acceptors (Lipinski definition) is 2. The van der Waals surface area contributed by atoms with Gasteiger partial charge in [-0.2, -0.15) is 0 Å². The molecule has 0 amide bonds. The Kier molecular flexibility index (Phi) is 18.8. The molecular formula is C56H66Cl2O2SiZr-4. The number of benzene rings is 4. The predicted molar refractivity (Wildman–Crippen MR) is 274 cm³/mol. The number of rotatable bonds is 4. The van der Waals surface area contributed by atoms with Crippen LogP contribution in [-0.2, 0) is 34.2 Å². The standard InChI is InChI=1S/2C27H29O.2CH3.2ClH.Si.Zr/c2*1-16-12-21-14-22(25-13-17(2)19(4)28-25)15-24(21)26(18(16)3)20-8-10-23(11-9-20)27(5,6)7;;;;;;/h2*8-15H,1-7H3;2*1H3;2*1H;;/q4*-1;;;;. The van der Waals surface area contributed by atoms with Crippen molar-refractivity contribution >= 4 is 53.2 Å². The Bertz CT molecular complexity index is 2510. The first kappa shape index (κ1) is 54.5. The molecule has 8 rings (SSSR count). The number of halogens is 2. The Morgan fingerprint density at radius 3 is 1.02 bits per heavy atom. The van der Waals surface area contributed by atoms with Crippen molar-refractivity contribution in [3.63, 3.8) is 0 Å². The Hall–Kier alpha value is -3.66. The van der Waals surface area contributed by atoms with Gasteiger partial charge in [0.25, 0.3) is 0 Å². The Morgan fingerprint density at radius 2 is 0.758 bits per heavy atom. The van der Waals surface area contributed by atoms with Gasteiger partial charge in [0.15, 0.2) is 0 Å². The van der Waals surface area contributed by atoms with Crippen molar-refractivity contribution in [1.82, 2.24) is 0 Å². The summed E-state index contributed by atoms with van der Waals surface area (Å²) in [7, 11) is 0. The van der Waals surface area contributed by atoms with Crippen LogP contribution in [0.5, 0.6) is 0 Å². The van der Waals surface area contributed by atoms with Crippen molar-refractivity contribution < 1.29 is 32.2 Å². The van der Waals surface area contributed by atoms with E-state index < -0.39 is 0 Å². The molecule has 2 aromatic heterocycles. The number of furan rings is 2. The van der Waals surface area contributed by atoms with Crippen LogP contribution in [0.15, 0.2) is 106 Å². The summed E-state index contributed by atoms with van der Waals surface area (Å²) in [5, 5.41) is 5.15. The maximum absolute atomic E-state index is 5.99. The van der Waals surface area contributed by atoms with Gasteiger partial charge in [0.2, 0.25) is 0 Å². The van der Waals surface area contributed by atoms with Crippen molar-refractivity contribution in [1.29, 1.82) is 0 Å². The third-order valence-electron chi connectivity index (χ3n) is 12.0. The molecule has 0 fully saturated rings. The quantitative estimate of drug-likeness (QED) is 0.130. The molecule has 6 aromatic carbocycles. The normalized spacial score (nSPS) is 11.0. The summed E-state index contributed by atoms with van der Waals surface area (Å²) in [6.45, 7) is 33.7. The molecular weight excluding hydrogens is 895 g/mol. The van der Waals surface area contributed by atoms with Crippen LogP contribution in [0, 0.1) is 70.2 Å². The van der Waals surface area contributed by atoms with Crippen molar-refractivity contribution in [2.24, 2.45) is 0 Å². The first-order chi connectivity index (χ1) is 27.3. The fourth-order valence-electron chi connectivity index (χ4n) is 7.94. The number of aryl methyl sites for hydroxylation is 6. The van der Waals surface area contributed by atoms with Crippen LogP contribution in [0.25, 0.3) is 66.4 Å². The SMILES string of the molecule is Cc1cc(-c2cc3c(-c4ccc(C(C)(C)C)cc4)c(C)c(C)cc3[cH-]2)oc1C.Cc1cc(-c2cc3c(-c4ccc(C(C)(C)C)cc4)c(C)c(C)cc3[cH-]2)oc1C.Cl.Cl.[CH3-].[CH3-].[Si]=[Zr]. The second kappa shape index (κ2) is 21.3. The molecule has 0 aliphatic heterocycles. The summed E-state index contributed by atoms with van der Waals surface area (Å²) in [5.74, 6) is 3.89. The predicted octanol–water partition coefficient (Wildman–Crippen LogP) is 17.4. The van der Waals surface area contributed by atoms with Gasteiger partial charge < -0.3 is 23.7 Å². The molecule has 0 spiro atoms. The van der Waals surface area contributed by atoms with Crippen molar-refractivity contribution in [3.8, 4) is 44.9 Å². The molecule has 0 unspecified atom stereocenters. The van der Waals surface area contributed by atoms with Crippen molar-refractivity contribution in [3.05, 3.63) is 168 Å². The average Bonchev–Trinajstić information content (AvgIpc) is 3.95. The summed E-state index contributed by atoms with van der Waals surface area (Å²) in [6.07, 6.45) is 0. The fraction of sp³-hybridized carbons (Fsp3) is 0.286. The van der Waals surface area contributed by atoms with Crippen molar-refractivity contribution in [2.45, 2.75) is 108 Å². The van der Waals surface area contributed by atoms with Gasteiger partial charge in [-0.3, -0.25) is 0 Å². The van der Waals surface area contributed by atoms with E-state index in [1.54, 1.807) is 0 Å². The molecule has 328 valence electrons. The molecule has 62 heavy (non-hydrogen) atoms. The molecule has 0 aliphatic rings. The maximum atomic E-state index is 5.99. The van der Waals surface area contributed by atoms with Gasteiger partial charge in [-0.1, -0.05) is 123 Å². The van der Waals surface area contributed by atoms with Crippen LogP contribution in [0.2, 0.25) is 0 Å². The Balaban J connectivity index is 0.000000386. The van der Waals surface area contributed by atoms with Gasteiger partial charge in [-0.25, -0.2) is 0 Å². The number of hydrogen-bond donors (Lipinski definition) is 0. The summed E-state index contributed by atoms with van der Waals surface area (Å²) in [4.78, 5) is 0. The van der Waals surface area contributed by atoms with Gasteiger partial charge in [-0.05, 0) is 123 Å². The van der Waals surface area contributed by atoms with E-state index in [0.717, 1.165) is 34.2 Å². The third-order valence-corrected chi connectivity index (χ3v) is 12.0. The molecule has 0 saturated carbocycles. The molecule has 2 radical (unpaired) electrons. The average molecular weight is 961 g/mol. The van der Waals surface area contributed by atoms with Gasteiger partial charge in [0, 0.05) is 0 Å². The molecule has 8 aromatic rings. The fourth-order valence-corrected chi connectivity index (χ4v) is 7.94. The van der Waals surface area contributed by atoms with E-state index >= 15 is 0 Å². The van der Waals surface area contributed by atoms with Gasteiger partial charge in [0.05, 0.1) is 23.0 Å². The topological polar surface area (TPSA) is 26.3 Å². The zero-order valence-corrected chi connectivity index (χ0v) is 45.0.